The van der Waals surface area contributed by atoms with Crippen molar-refractivity contribution >= 4 is 29.0 Å². The summed E-state index contributed by atoms with van der Waals surface area (Å²) in [6.45, 7) is 0. The molecule has 6 aromatic rings. The van der Waals surface area contributed by atoms with Gasteiger partial charge in [-0.05, 0) is 95.1 Å². The maximum absolute atomic E-state index is 13.8. The number of benzene rings is 6. The van der Waals surface area contributed by atoms with Gasteiger partial charge in [0, 0.05) is 33.6 Å². The van der Waals surface area contributed by atoms with Crippen LogP contribution in [0, 0.1) is 11.6 Å². The van der Waals surface area contributed by atoms with E-state index < -0.39 is 17.0 Å². The standard InChI is InChI=1S/C40H26F2N2O3/c41-29-17-9-25(10-18-29)38(46)43-31-21-13-27(14-22-31)40(35-7-3-1-5-33(35)37(45)34-6-2-4-8-36(34)40)28-15-23-32(24-16-28)44-39(47)26-11-19-30(42)20-12-26/h1-24H,(H,43,46)(H,44,47). The Hall–Kier alpha value is -6.21. The number of hydrogen-bond acceptors (Lipinski definition) is 3. The lowest BCUT2D eigenvalue weighted by Crippen LogP contribution is -2.38. The monoisotopic (exact) mass is 620 g/mol. The molecule has 2 amide bonds. The number of halogens is 2. The van der Waals surface area contributed by atoms with Gasteiger partial charge in [-0.2, -0.15) is 0 Å². The fourth-order valence-corrected chi connectivity index (χ4v) is 6.31. The van der Waals surface area contributed by atoms with Crippen LogP contribution >= 0.6 is 0 Å². The van der Waals surface area contributed by atoms with Crippen LogP contribution < -0.4 is 10.6 Å². The van der Waals surface area contributed by atoms with Gasteiger partial charge >= 0.3 is 0 Å². The molecule has 0 fully saturated rings. The van der Waals surface area contributed by atoms with Gasteiger partial charge in [0.2, 0.25) is 0 Å². The molecule has 0 spiro atoms. The van der Waals surface area contributed by atoms with E-state index >= 15 is 0 Å². The number of anilines is 2. The molecule has 2 N–H and O–H groups in total. The Kier molecular flexibility index (Phi) is 7.50. The summed E-state index contributed by atoms with van der Waals surface area (Å²) >= 11 is 0. The summed E-state index contributed by atoms with van der Waals surface area (Å²) < 4.78 is 26.8. The van der Waals surface area contributed by atoms with E-state index in [9.17, 15) is 23.2 Å². The quantitative estimate of drug-likeness (QED) is 0.196. The lowest BCUT2D eigenvalue weighted by Gasteiger charge is -2.41. The van der Waals surface area contributed by atoms with Crippen LogP contribution in [0.2, 0.25) is 0 Å². The molecule has 5 nitrogen and oxygen atoms in total. The van der Waals surface area contributed by atoms with E-state index in [1.54, 1.807) is 24.3 Å². The summed E-state index contributed by atoms with van der Waals surface area (Å²) in [6, 6.07) is 40.6. The highest BCUT2D eigenvalue weighted by atomic mass is 19.1. The fraction of sp³-hybridized carbons (Fsp3) is 0.0250. The highest BCUT2D eigenvalue weighted by molar-refractivity contribution is 6.14. The van der Waals surface area contributed by atoms with Crippen molar-refractivity contribution in [3.63, 3.8) is 0 Å². The Balaban J connectivity index is 1.32. The van der Waals surface area contributed by atoms with E-state index in [2.05, 4.69) is 10.6 Å². The van der Waals surface area contributed by atoms with Crippen molar-refractivity contribution in [1.82, 2.24) is 0 Å². The minimum atomic E-state index is -0.930. The predicted octanol–water partition coefficient (Wildman–Crippen LogP) is 8.40. The molecular formula is C40H26F2N2O3. The van der Waals surface area contributed by atoms with Gasteiger partial charge in [-0.1, -0.05) is 72.8 Å². The lowest BCUT2D eigenvalue weighted by molar-refractivity contribution is 0.101. The first-order valence-corrected chi connectivity index (χ1v) is 14.9. The maximum Gasteiger partial charge on any atom is 0.255 e. The number of carbonyl (C=O) groups excluding carboxylic acids is 3. The maximum atomic E-state index is 13.8. The third-order valence-electron chi connectivity index (χ3n) is 8.52. The average molecular weight is 621 g/mol. The second-order valence-corrected chi connectivity index (χ2v) is 11.2. The summed E-state index contributed by atoms with van der Waals surface area (Å²) in [6.07, 6.45) is 0. The zero-order chi connectivity index (χ0) is 32.5. The Bertz CT molecular complexity index is 1990. The van der Waals surface area contributed by atoms with Crippen LogP contribution in [0.3, 0.4) is 0 Å². The molecule has 6 aromatic carbocycles. The molecular weight excluding hydrogens is 594 g/mol. The van der Waals surface area contributed by atoms with Gasteiger partial charge in [-0.15, -0.1) is 0 Å². The largest absolute Gasteiger partial charge is 0.322 e. The third-order valence-corrected chi connectivity index (χ3v) is 8.52. The zero-order valence-electron chi connectivity index (χ0n) is 24.8. The van der Waals surface area contributed by atoms with Gasteiger partial charge in [0.15, 0.2) is 5.78 Å². The number of amides is 2. The summed E-state index contributed by atoms with van der Waals surface area (Å²) in [7, 11) is 0. The molecule has 0 heterocycles. The first-order chi connectivity index (χ1) is 22.8. The van der Waals surface area contributed by atoms with Gasteiger partial charge in [0.1, 0.15) is 11.6 Å². The number of hydrogen-bond donors (Lipinski definition) is 2. The van der Waals surface area contributed by atoms with Crippen LogP contribution in [0.5, 0.6) is 0 Å². The number of nitrogens with one attached hydrogen (secondary N) is 2. The molecule has 7 rings (SSSR count). The fourth-order valence-electron chi connectivity index (χ4n) is 6.31. The van der Waals surface area contributed by atoms with Crippen molar-refractivity contribution in [2.45, 2.75) is 5.41 Å². The number of rotatable bonds is 6. The van der Waals surface area contributed by atoms with Crippen LogP contribution in [0.4, 0.5) is 20.2 Å². The Morgan fingerprint density at radius 1 is 0.468 bits per heavy atom. The number of carbonyl (C=O) groups is 3. The summed E-state index contributed by atoms with van der Waals surface area (Å²) in [5, 5.41) is 5.74. The van der Waals surface area contributed by atoms with E-state index in [0.717, 1.165) is 22.3 Å². The molecule has 0 aromatic heterocycles. The van der Waals surface area contributed by atoms with E-state index in [0.29, 0.717) is 33.6 Å². The van der Waals surface area contributed by atoms with Crippen LogP contribution in [0.1, 0.15) is 58.9 Å². The van der Waals surface area contributed by atoms with Crippen molar-refractivity contribution < 1.29 is 23.2 Å². The molecule has 228 valence electrons. The molecule has 1 aliphatic rings. The molecule has 7 heteroatoms. The second-order valence-electron chi connectivity index (χ2n) is 11.2. The van der Waals surface area contributed by atoms with Crippen LogP contribution in [-0.2, 0) is 5.41 Å². The van der Waals surface area contributed by atoms with Gasteiger partial charge in [-0.3, -0.25) is 14.4 Å². The van der Waals surface area contributed by atoms with E-state index in [1.165, 1.54) is 48.5 Å². The Morgan fingerprint density at radius 2 is 0.830 bits per heavy atom. The van der Waals surface area contributed by atoms with Crippen LogP contribution in [0.25, 0.3) is 0 Å². The van der Waals surface area contributed by atoms with Gasteiger partial charge in [0.25, 0.3) is 11.8 Å². The van der Waals surface area contributed by atoms with Gasteiger partial charge in [0.05, 0.1) is 5.41 Å². The summed E-state index contributed by atoms with van der Waals surface area (Å²) in [5.41, 5.74) is 5.28. The minimum Gasteiger partial charge on any atom is -0.322 e. The smallest absolute Gasteiger partial charge is 0.255 e. The van der Waals surface area contributed by atoms with Crippen molar-refractivity contribution in [2.24, 2.45) is 0 Å². The third kappa shape index (κ3) is 5.27. The second kappa shape index (κ2) is 11.9. The topological polar surface area (TPSA) is 75.3 Å². The molecule has 0 saturated carbocycles. The van der Waals surface area contributed by atoms with E-state index in [4.69, 9.17) is 0 Å². The highest BCUT2D eigenvalue weighted by Crippen LogP contribution is 2.51. The SMILES string of the molecule is O=C(Nc1ccc(C2(c3ccc(NC(=O)c4ccc(F)cc4)cc3)c3ccccc3C(=O)c3ccccc32)cc1)c1ccc(F)cc1. The van der Waals surface area contributed by atoms with Gasteiger partial charge < -0.3 is 10.6 Å². The van der Waals surface area contributed by atoms with Crippen LogP contribution in [0.15, 0.2) is 146 Å². The summed E-state index contributed by atoms with van der Waals surface area (Å²) in [4.78, 5) is 39.5. The van der Waals surface area contributed by atoms with Crippen molar-refractivity contribution in [2.75, 3.05) is 10.6 Å². The van der Waals surface area contributed by atoms with E-state index in [1.807, 2.05) is 72.8 Å². The van der Waals surface area contributed by atoms with Crippen molar-refractivity contribution in [1.29, 1.82) is 0 Å². The van der Waals surface area contributed by atoms with Crippen molar-refractivity contribution in [3.05, 3.63) is 202 Å². The first kappa shape index (κ1) is 29.5. The molecule has 0 atom stereocenters. The number of ketones is 1. The van der Waals surface area contributed by atoms with Gasteiger partial charge in [-0.25, -0.2) is 8.78 Å². The molecule has 0 aliphatic heterocycles. The predicted molar refractivity (Wildman–Crippen MR) is 177 cm³/mol. The Labute approximate surface area is 269 Å². The summed E-state index contributed by atoms with van der Waals surface area (Å²) in [5.74, 6) is -1.66. The van der Waals surface area contributed by atoms with E-state index in [-0.39, 0.29) is 17.6 Å². The molecule has 0 unspecified atom stereocenters. The zero-order valence-corrected chi connectivity index (χ0v) is 24.8. The normalized spacial score (nSPS) is 12.9. The highest BCUT2D eigenvalue weighted by Gasteiger charge is 2.46. The molecule has 0 radical (unpaired) electrons. The molecule has 47 heavy (non-hydrogen) atoms. The molecule has 0 bridgehead atoms. The number of fused-ring (bicyclic) bond motifs is 2. The first-order valence-electron chi connectivity index (χ1n) is 14.9. The molecule has 1 aliphatic carbocycles. The molecule has 0 saturated heterocycles. The van der Waals surface area contributed by atoms with Crippen LogP contribution in [-0.4, -0.2) is 17.6 Å². The minimum absolute atomic E-state index is 0.0711. The lowest BCUT2D eigenvalue weighted by atomic mass is 9.59. The Morgan fingerprint density at radius 3 is 1.21 bits per heavy atom. The average Bonchev–Trinajstić information content (AvgIpc) is 3.10. The van der Waals surface area contributed by atoms with Crippen molar-refractivity contribution in [3.8, 4) is 0 Å².